The lowest BCUT2D eigenvalue weighted by Crippen LogP contribution is -2.46. The first-order chi connectivity index (χ1) is 17.3. The Balaban J connectivity index is 1.61. The van der Waals surface area contributed by atoms with E-state index >= 15 is 0 Å². The van der Waals surface area contributed by atoms with E-state index in [9.17, 15) is 0 Å². The quantitative estimate of drug-likeness (QED) is 0.0990. The molecule has 0 aliphatic heterocycles. The summed E-state index contributed by atoms with van der Waals surface area (Å²) in [5, 5.41) is 0. The van der Waals surface area contributed by atoms with E-state index in [1.54, 1.807) is 0 Å². The Morgan fingerprint density at radius 3 is 1.17 bits per heavy atom. The fraction of sp³-hybridized carbons (Fsp3) is 0.412. The molecule has 0 saturated heterocycles. The molecular weight excluding hydrogens is 422 g/mol. The largest absolute Gasteiger partial charge is 0.312 e. The van der Waals surface area contributed by atoms with Crippen LogP contribution >= 0.6 is 0 Å². The first kappa shape index (κ1) is 27.0. The fourth-order valence-electron chi connectivity index (χ4n) is 5.29. The average molecular weight is 469 g/mol. The van der Waals surface area contributed by atoms with Gasteiger partial charge in [-0.05, 0) is 25.7 Å². The summed E-state index contributed by atoms with van der Waals surface area (Å²) in [7, 11) is 0. The third-order valence-electron chi connectivity index (χ3n) is 7.12. The van der Waals surface area contributed by atoms with Crippen LogP contribution in [0.15, 0.2) is 104 Å². The van der Waals surface area contributed by atoms with Crippen molar-refractivity contribution in [3.8, 4) is 0 Å². The van der Waals surface area contributed by atoms with Crippen LogP contribution in [0.25, 0.3) is 0 Å². The molecule has 186 valence electrons. The number of hydrogen-bond donors (Lipinski definition) is 0. The van der Waals surface area contributed by atoms with E-state index in [0.717, 1.165) is 24.1 Å². The SMILES string of the molecule is C=CCCCCCCCCCCC[N+](Cc1ccccc1)(Cc1ccccc1)Cc1ccccc1. The number of nitrogens with zero attached hydrogens (tertiary/aromatic N) is 1. The van der Waals surface area contributed by atoms with Gasteiger partial charge in [0.25, 0.3) is 0 Å². The zero-order valence-electron chi connectivity index (χ0n) is 21.8. The summed E-state index contributed by atoms with van der Waals surface area (Å²) >= 11 is 0. The van der Waals surface area contributed by atoms with Crippen molar-refractivity contribution in [1.29, 1.82) is 0 Å². The van der Waals surface area contributed by atoms with E-state index in [0.29, 0.717) is 0 Å². The van der Waals surface area contributed by atoms with Crippen molar-refractivity contribution in [2.75, 3.05) is 6.54 Å². The number of quaternary nitrogens is 1. The minimum absolute atomic E-state index is 1.08. The molecule has 1 nitrogen and oxygen atoms in total. The molecule has 0 spiro atoms. The summed E-state index contributed by atoms with van der Waals surface area (Å²) in [6.45, 7) is 8.28. The predicted molar refractivity (Wildman–Crippen MR) is 152 cm³/mol. The highest BCUT2D eigenvalue weighted by Gasteiger charge is 2.28. The van der Waals surface area contributed by atoms with E-state index < -0.39 is 0 Å². The number of unbranched alkanes of at least 4 members (excludes halogenated alkanes) is 9. The van der Waals surface area contributed by atoms with Gasteiger partial charge >= 0.3 is 0 Å². The van der Waals surface area contributed by atoms with E-state index in [4.69, 9.17) is 0 Å². The summed E-state index contributed by atoms with van der Waals surface area (Å²) in [4.78, 5) is 0. The van der Waals surface area contributed by atoms with Crippen LogP contribution < -0.4 is 0 Å². The van der Waals surface area contributed by atoms with Crippen molar-refractivity contribution in [3.63, 3.8) is 0 Å². The zero-order valence-corrected chi connectivity index (χ0v) is 21.8. The molecule has 0 amide bonds. The summed E-state index contributed by atoms with van der Waals surface area (Å²) in [6, 6.07) is 33.3. The minimum Gasteiger partial charge on any atom is -0.312 e. The van der Waals surface area contributed by atoms with Gasteiger partial charge in [0.05, 0.1) is 6.54 Å². The van der Waals surface area contributed by atoms with Gasteiger partial charge in [-0.2, -0.15) is 0 Å². The molecule has 0 radical (unpaired) electrons. The second-order valence-corrected chi connectivity index (χ2v) is 10.3. The topological polar surface area (TPSA) is 0 Å². The monoisotopic (exact) mass is 468 g/mol. The van der Waals surface area contributed by atoms with Gasteiger partial charge in [0.2, 0.25) is 0 Å². The summed E-state index contributed by atoms with van der Waals surface area (Å²) < 4.78 is 1.08. The van der Waals surface area contributed by atoms with Crippen LogP contribution in [0.2, 0.25) is 0 Å². The Bertz CT molecular complexity index is 815. The molecule has 3 aromatic rings. The van der Waals surface area contributed by atoms with Crippen LogP contribution in [0.3, 0.4) is 0 Å². The zero-order chi connectivity index (χ0) is 24.4. The highest BCUT2D eigenvalue weighted by atomic mass is 15.3. The Morgan fingerprint density at radius 2 is 0.800 bits per heavy atom. The fourth-order valence-corrected chi connectivity index (χ4v) is 5.29. The molecule has 0 N–H and O–H groups in total. The molecule has 0 aliphatic rings. The van der Waals surface area contributed by atoms with Crippen molar-refractivity contribution in [2.24, 2.45) is 0 Å². The maximum absolute atomic E-state index is 3.82. The number of hydrogen-bond acceptors (Lipinski definition) is 0. The maximum atomic E-state index is 3.82. The average Bonchev–Trinajstić information content (AvgIpc) is 2.89. The molecule has 35 heavy (non-hydrogen) atoms. The third kappa shape index (κ3) is 10.7. The highest BCUT2D eigenvalue weighted by Crippen LogP contribution is 2.26. The standard InChI is InChI=1S/C34H46N/c1-2-3-4-5-6-7-8-9-10-11-21-28-35(29-32-22-15-12-16-23-32,30-33-24-17-13-18-25-33)31-34-26-19-14-20-27-34/h2,12-20,22-27H,1,3-11,21,28-31H2/q+1. The molecule has 0 aromatic heterocycles. The Labute approximate surface area is 215 Å². The first-order valence-corrected chi connectivity index (χ1v) is 13.9. The first-order valence-electron chi connectivity index (χ1n) is 13.9. The molecule has 0 bridgehead atoms. The summed E-state index contributed by atoms with van der Waals surface area (Å²) in [5.74, 6) is 0. The number of allylic oxidation sites excluding steroid dienone is 1. The lowest BCUT2D eigenvalue weighted by molar-refractivity contribution is -0.966. The van der Waals surface area contributed by atoms with Crippen LogP contribution in [0.5, 0.6) is 0 Å². The highest BCUT2D eigenvalue weighted by molar-refractivity contribution is 5.17. The molecule has 3 aromatic carbocycles. The van der Waals surface area contributed by atoms with Crippen molar-refractivity contribution in [2.45, 2.75) is 83.8 Å². The van der Waals surface area contributed by atoms with E-state index in [1.807, 2.05) is 6.08 Å². The third-order valence-corrected chi connectivity index (χ3v) is 7.12. The summed E-state index contributed by atoms with van der Waals surface area (Å²) in [5.41, 5.74) is 4.32. The van der Waals surface area contributed by atoms with Crippen LogP contribution in [-0.4, -0.2) is 11.0 Å². The van der Waals surface area contributed by atoms with E-state index in [-0.39, 0.29) is 0 Å². The van der Waals surface area contributed by atoms with Crippen molar-refractivity contribution in [1.82, 2.24) is 0 Å². The normalized spacial score (nSPS) is 11.4. The van der Waals surface area contributed by atoms with Crippen molar-refractivity contribution >= 4 is 0 Å². The van der Waals surface area contributed by atoms with Gasteiger partial charge in [0, 0.05) is 16.7 Å². The molecule has 0 atom stereocenters. The Hall–Kier alpha value is -2.64. The van der Waals surface area contributed by atoms with Crippen LogP contribution in [0, 0.1) is 0 Å². The van der Waals surface area contributed by atoms with E-state index in [2.05, 4.69) is 97.6 Å². The second-order valence-electron chi connectivity index (χ2n) is 10.3. The van der Waals surface area contributed by atoms with Gasteiger partial charge in [-0.15, -0.1) is 6.58 Å². The van der Waals surface area contributed by atoms with Crippen LogP contribution in [0.4, 0.5) is 0 Å². The lowest BCUT2D eigenvalue weighted by atomic mass is 10.0. The van der Waals surface area contributed by atoms with Gasteiger partial charge in [-0.3, -0.25) is 0 Å². The van der Waals surface area contributed by atoms with Gasteiger partial charge in [0.1, 0.15) is 19.6 Å². The lowest BCUT2D eigenvalue weighted by Gasteiger charge is -2.39. The van der Waals surface area contributed by atoms with Gasteiger partial charge in [-0.25, -0.2) is 0 Å². The Morgan fingerprint density at radius 1 is 0.457 bits per heavy atom. The summed E-state index contributed by atoms with van der Waals surface area (Å²) in [6.07, 6.45) is 15.5. The van der Waals surface area contributed by atoms with Crippen molar-refractivity contribution in [3.05, 3.63) is 120 Å². The molecular formula is C34H46N+. The molecule has 0 fully saturated rings. The molecule has 0 unspecified atom stereocenters. The smallest absolute Gasteiger partial charge is 0.105 e. The molecule has 1 heteroatoms. The Kier molecular flexibility index (Phi) is 12.4. The number of rotatable bonds is 18. The predicted octanol–water partition coefficient (Wildman–Crippen LogP) is 9.49. The second kappa shape index (κ2) is 16.1. The van der Waals surface area contributed by atoms with E-state index in [1.165, 1.54) is 87.4 Å². The molecule has 0 heterocycles. The van der Waals surface area contributed by atoms with Gasteiger partial charge in [0.15, 0.2) is 0 Å². The van der Waals surface area contributed by atoms with Crippen LogP contribution in [0.1, 0.15) is 80.9 Å². The molecule has 3 rings (SSSR count). The van der Waals surface area contributed by atoms with Gasteiger partial charge in [-0.1, -0.05) is 136 Å². The number of benzene rings is 3. The maximum Gasteiger partial charge on any atom is 0.105 e. The molecule has 0 aliphatic carbocycles. The van der Waals surface area contributed by atoms with Gasteiger partial charge < -0.3 is 4.48 Å². The minimum atomic E-state index is 1.08. The van der Waals surface area contributed by atoms with Crippen molar-refractivity contribution < 1.29 is 4.48 Å². The van der Waals surface area contributed by atoms with Crippen LogP contribution in [-0.2, 0) is 19.6 Å². The molecule has 0 saturated carbocycles.